The van der Waals surface area contributed by atoms with Gasteiger partial charge in [-0.3, -0.25) is 14.5 Å². The second-order valence-electron chi connectivity index (χ2n) is 7.79. The second kappa shape index (κ2) is 8.66. The predicted molar refractivity (Wildman–Crippen MR) is 132 cm³/mol. The van der Waals surface area contributed by atoms with Crippen molar-refractivity contribution >= 4 is 68.1 Å². The highest BCUT2D eigenvalue weighted by Crippen LogP contribution is 2.35. The summed E-state index contributed by atoms with van der Waals surface area (Å²) in [4.78, 5) is 25.1. The normalized spacial score (nSPS) is 15.2. The highest BCUT2D eigenvalue weighted by Gasteiger charge is 2.33. The van der Waals surface area contributed by atoms with Crippen molar-refractivity contribution in [3.8, 4) is 0 Å². The van der Waals surface area contributed by atoms with E-state index in [9.17, 15) is 18.4 Å². The number of thiocarbonyl (C=S) groups is 1. The summed E-state index contributed by atoms with van der Waals surface area (Å²) >= 11 is 6.23. The molecule has 4 aromatic rings. The first-order valence-electron chi connectivity index (χ1n) is 10.2. The number of hydrogen-bond donors (Lipinski definition) is 1. The van der Waals surface area contributed by atoms with Crippen LogP contribution >= 0.6 is 24.0 Å². The zero-order valence-electron chi connectivity index (χ0n) is 17.5. The first kappa shape index (κ1) is 22.2. The fourth-order valence-corrected chi connectivity index (χ4v) is 5.33. The van der Waals surface area contributed by atoms with E-state index >= 15 is 0 Å². The molecule has 1 amide bonds. The molecule has 1 aliphatic rings. The molecule has 5 rings (SSSR count). The highest BCUT2D eigenvalue weighted by atomic mass is 32.2. The maximum atomic E-state index is 13.8. The number of fused-ring (bicyclic) bond motifs is 3. The van der Waals surface area contributed by atoms with Gasteiger partial charge in [0.2, 0.25) is 0 Å². The Morgan fingerprint density at radius 3 is 2.53 bits per heavy atom. The molecule has 170 valence electrons. The van der Waals surface area contributed by atoms with E-state index < -0.39 is 30.1 Å². The van der Waals surface area contributed by atoms with Gasteiger partial charge in [0.25, 0.3) is 5.91 Å². The van der Waals surface area contributed by atoms with Crippen LogP contribution in [-0.4, -0.2) is 37.3 Å². The van der Waals surface area contributed by atoms with E-state index in [2.05, 4.69) is 0 Å². The van der Waals surface area contributed by atoms with Crippen LogP contribution in [0, 0.1) is 11.6 Å². The zero-order chi connectivity index (χ0) is 24.0. The Kier molecular flexibility index (Phi) is 5.66. The molecule has 1 saturated heterocycles. The van der Waals surface area contributed by atoms with Crippen molar-refractivity contribution in [3.05, 3.63) is 88.3 Å². The summed E-state index contributed by atoms with van der Waals surface area (Å²) in [6.07, 6.45) is 1.70. The van der Waals surface area contributed by atoms with E-state index in [1.54, 1.807) is 12.1 Å². The first-order chi connectivity index (χ1) is 16.3. The summed E-state index contributed by atoms with van der Waals surface area (Å²) < 4.78 is 29.4. The van der Waals surface area contributed by atoms with Gasteiger partial charge in [-0.25, -0.2) is 8.78 Å². The van der Waals surface area contributed by atoms with Crippen LogP contribution in [0.5, 0.6) is 0 Å². The summed E-state index contributed by atoms with van der Waals surface area (Å²) in [7, 11) is 0. The molecule has 5 nitrogen and oxygen atoms in total. The third kappa shape index (κ3) is 3.97. The number of halogens is 2. The van der Waals surface area contributed by atoms with Crippen LogP contribution in [0.15, 0.2) is 65.6 Å². The molecule has 0 aliphatic carbocycles. The van der Waals surface area contributed by atoms with Crippen molar-refractivity contribution in [2.24, 2.45) is 0 Å². The number of rotatable bonds is 5. The van der Waals surface area contributed by atoms with Crippen LogP contribution in [0.25, 0.3) is 27.9 Å². The summed E-state index contributed by atoms with van der Waals surface area (Å²) in [6.45, 7) is -0.118. The lowest BCUT2D eigenvalue weighted by Gasteiger charge is -2.10. The van der Waals surface area contributed by atoms with Crippen LogP contribution in [0.3, 0.4) is 0 Å². The quantitative estimate of drug-likeness (QED) is 0.297. The topological polar surface area (TPSA) is 62.5 Å². The molecule has 1 fully saturated rings. The predicted octanol–water partition coefficient (Wildman–Crippen LogP) is 5.41. The van der Waals surface area contributed by atoms with E-state index in [1.807, 2.05) is 47.0 Å². The molecule has 1 aromatic heterocycles. The van der Waals surface area contributed by atoms with E-state index in [0.29, 0.717) is 17.0 Å². The maximum Gasteiger partial charge on any atom is 0.323 e. The molecule has 0 saturated carbocycles. The Bertz CT molecular complexity index is 1540. The van der Waals surface area contributed by atoms with Gasteiger partial charge in [-0.1, -0.05) is 54.3 Å². The standard InChI is InChI=1S/C25H16F2N2O3S2/c26-18-7-5-15(10-19(18)27)12-28-20-4-2-1-3-16(20)17-9-14(6-8-21(17)28)11-22-24(32)29(13-23(30)31)25(33)34-22/h1-11H,12-13H2,(H,30,31)/b22-11-. The average molecular weight is 495 g/mol. The maximum absolute atomic E-state index is 13.8. The molecule has 34 heavy (non-hydrogen) atoms. The van der Waals surface area contributed by atoms with Gasteiger partial charge in [0.05, 0.1) is 4.91 Å². The Labute approximate surface area is 202 Å². The van der Waals surface area contributed by atoms with Crippen LogP contribution in [0.2, 0.25) is 0 Å². The van der Waals surface area contributed by atoms with Crippen molar-refractivity contribution < 1.29 is 23.5 Å². The van der Waals surface area contributed by atoms with Crippen LogP contribution in [0.1, 0.15) is 11.1 Å². The molecule has 1 aliphatic heterocycles. The number of nitrogens with zero attached hydrogens (tertiary/aromatic N) is 2. The Morgan fingerprint density at radius 2 is 1.76 bits per heavy atom. The fourth-order valence-electron chi connectivity index (χ4n) is 4.07. The Morgan fingerprint density at radius 1 is 1.00 bits per heavy atom. The lowest BCUT2D eigenvalue weighted by Crippen LogP contribution is -2.33. The molecule has 0 radical (unpaired) electrons. The van der Waals surface area contributed by atoms with Gasteiger partial charge in [-0.15, -0.1) is 0 Å². The SMILES string of the molecule is O=C(O)CN1C(=O)/C(=C/c2ccc3c(c2)c2ccccc2n3Cc2ccc(F)c(F)c2)SC1=S. The van der Waals surface area contributed by atoms with E-state index in [-0.39, 0.29) is 4.32 Å². The number of amides is 1. The molecule has 1 N–H and O–H groups in total. The van der Waals surface area contributed by atoms with E-state index in [1.165, 1.54) is 6.07 Å². The number of benzene rings is 3. The molecule has 9 heteroatoms. The van der Waals surface area contributed by atoms with Gasteiger partial charge in [0, 0.05) is 28.4 Å². The lowest BCUT2D eigenvalue weighted by molar-refractivity contribution is -0.140. The van der Waals surface area contributed by atoms with Gasteiger partial charge in [-0.2, -0.15) is 0 Å². The van der Waals surface area contributed by atoms with Crippen molar-refractivity contribution in [2.75, 3.05) is 6.54 Å². The second-order valence-corrected chi connectivity index (χ2v) is 9.47. The molecule has 0 unspecified atom stereocenters. The molecular weight excluding hydrogens is 478 g/mol. The lowest BCUT2D eigenvalue weighted by atomic mass is 10.1. The van der Waals surface area contributed by atoms with Crippen molar-refractivity contribution in [1.29, 1.82) is 0 Å². The average Bonchev–Trinajstić information content (AvgIpc) is 3.25. The minimum Gasteiger partial charge on any atom is -0.480 e. The fraction of sp³-hybridized carbons (Fsp3) is 0.0800. The monoisotopic (exact) mass is 494 g/mol. The Hall–Kier alpha value is -3.56. The number of carboxylic acid groups (broad SMARTS) is 1. The third-order valence-corrected chi connectivity index (χ3v) is 6.96. The first-order valence-corrected chi connectivity index (χ1v) is 11.5. The molecule has 0 spiro atoms. The van der Waals surface area contributed by atoms with Gasteiger partial charge in [0.15, 0.2) is 11.6 Å². The van der Waals surface area contributed by atoms with Crippen molar-refractivity contribution in [1.82, 2.24) is 9.47 Å². The highest BCUT2D eigenvalue weighted by molar-refractivity contribution is 8.26. The number of carboxylic acids is 1. The van der Waals surface area contributed by atoms with Gasteiger partial charge in [0.1, 0.15) is 10.9 Å². The van der Waals surface area contributed by atoms with Crippen LogP contribution < -0.4 is 0 Å². The Balaban J connectivity index is 1.57. The molecule has 2 heterocycles. The molecule has 0 atom stereocenters. The van der Waals surface area contributed by atoms with Crippen LogP contribution in [0.4, 0.5) is 8.78 Å². The van der Waals surface area contributed by atoms with Crippen molar-refractivity contribution in [2.45, 2.75) is 6.54 Å². The minimum absolute atomic E-state index is 0.211. The number of aliphatic carboxylic acids is 1. The number of carbonyl (C=O) groups excluding carboxylic acids is 1. The van der Waals surface area contributed by atoms with Gasteiger partial charge in [-0.05, 0) is 47.5 Å². The number of hydrogen-bond acceptors (Lipinski definition) is 4. The van der Waals surface area contributed by atoms with Crippen LogP contribution in [-0.2, 0) is 16.1 Å². The molecular formula is C25H16F2N2O3S2. The number of para-hydroxylation sites is 1. The van der Waals surface area contributed by atoms with E-state index in [4.69, 9.17) is 17.3 Å². The van der Waals surface area contributed by atoms with Crippen molar-refractivity contribution in [3.63, 3.8) is 0 Å². The number of carbonyl (C=O) groups is 2. The number of thioether (sulfide) groups is 1. The smallest absolute Gasteiger partial charge is 0.323 e. The van der Waals surface area contributed by atoms with Gasteiger partial charge < -0.3 is 9.67 Å². The van der Waals surface area contributed by atoms with Gasteiger partial charge >= 0.3 is 5.97 Å². The number of aromatic nitrogens is 1. The summed E-state index contributed by atoms with van der Waals surface area (Å²) in [6, 6.07) is 17.4. The molecule has 3 aromatic carbocycles. The third-order valence-electron chi connectivity index (χ3n) is 5.59. The molecule has 0 bridgehead atoms. The van der Waals surface area contributed by atoms with E-state index in [0.717, 1.165) is 50.1 Å². The summed E-state index contributed by atoms with van der Waals surface area (Å²) in [5.41, 5.74) is 3.24. The minimum atomic E-state index is -1.13. The largest absolute Gasteiger partial charge is 0.480 e. The zero-order valence-corrected chi connectivity index (χ0v) is 19.1. The summed E-state index contributed by atoms with van der Waals surface area (Å²) in [5.74, 6) is -3.34. The summed E-state index contributed by atoms with van der Waals surface area (Å²) in [5, 5.41) is 10.9.